The minimum absolute atomic E-state index is 0.0242. The van der Waals surface area contributed by atoms with Gasteiger partial charge < -0.3 is 24.8 Å². The molecular formula is C19H22O7. The van der Waals surface area contributed by atoms with Crippen molar-refractivity contribution in [3.63, 3.8) is 0 Å². The lowest BCUT2D eigenvalue weighted by molar-refractivity contribution is -0.127. The SMILES string of the molecule is COc1cc(O)c2c(c1)/C=C\C[C@H](O)[C@H](O)C(=O)/C=C\C[C@H](C)OC2=O. The molecule has 0 amide bonds. The van der Waals surface area contributed by atoms with E-state index in [1.54, 1.807) is 6.92 Å². The van der Waals surface area contributed by atoms with Crippen LogP contribution in [0.3, 0.4) is 0 Å². The summed E-state index contributed by atoms with van der Waals surface area (Å²) in [5.74, 6) is -1.29. The number of aromatic hydroxyl groups is 1. The molecule has 0 aromatic heterocycles. The number of esters is 1. The molecule has 1 aliphatic heterocycles. The summed E-state index contributed by atoms with van der Waals surface area (Å²) in [6.07, 6.45) is 2.42. The smallest absolute Gasteiger partial charge is 0.342 e. The van der Waals surface area contributed by atoms with Crippen LogP contribution in [0.5, 0.6) is 11.5 Å². The van der Waals surface area contributed by atoms with Crippen LogP contribution in [0.25, 0.3) is 6.08 Å². The van der Waals surface area contributed by atoms with E-state index in [0.29, 0.717) is 11.3 Å². The quantitative estimate of drug-likeness (QED) is 0.650. The first-order valence-electron chi connectivity index (χ1n) is 8.18. The van der Waals surface area contributed by atoms with Gasteiger partial charge in [0, 0.05) is 12.5 Å². The normalized spacial score (nSPS) is 27.0. The summed E-state index contributed by atoms with van der Waals surface area (Å²) in [6.45, 7) is 1.64. The number of cyclic esters (lactones) is 1. The van der Waals surface area contributed by atoms with Gasteiger partial charge in [-0.05, 0) is 31.1 Å². The molecule has 3 N–H and O–H groups in total. The standard InChI is InChI=1S/C19H22O7/c1-11-5-3-7-14(20)18(23)15(21)8-4-6-12-9-13(25-2)10-16(22)17(12)19(24)26-11/h3-4,6-7,9-11,15,18,21-23H,5,8H2,1-2H3/b6-4-,7-3-/t11-,15-,18+/m0/s1. The minimum atomic E-state index is -1.55. The number of rotatable bonds is 1. The molecule has 0 unspecified atom stereocenters. The van der Waals surface area contributed by atoms with E-state index in [2.05, 4.69) is 0 Å². The van der Waals surface area contributed by atoms with Crippen molar-refractivity contribution in [3.05, 3.63) is 41.5 Å². The fraction of sp³-hybridized carbons (Fsp3) is 0.368. The Bertz CT molecular complexity index is 736. The van der Waals surface area contributed by atoms with Crippen molar-refractivity contribution in [2.75, 3.05) is 7.11 Å². The second-order valence-electron chi connectivity index (χ2n) is 6.02. The van der Waals surface area contributed by atoms with Crippen LogP contribution in [0.15, 0.2) is 30.4 Å². The molecule has 0 radical (unpaired) electrons. The van der Waals surface area contributed by atoms with E-state index >= 15 is 0 Å². The molecule has 7 heteroatoms. The monoisotopic (exact) mass is 362 g/mol. The Labute approximate surface area is 151 Å². The topological polar surface area (TPSA) is 113 Å². The van der Waals surface area contributed by atoms with E-state index in [1.165, 1.54) is 37.5 Å². The Morgan fingerprint density at radius 2 is 1.81 bits per heavy atom. The highest BCUT2D eigenvalue weighted by Gasteiger charge is 2.23. The lowest BCUT2D eigenvalue weighted by atomic mass is 10.0. The van der Waals surface area contributed by atoms with Crippen LogP contribution in [0.4, 0.5) is 0 Å². The summed E-state index contributed by atoms with van der Waals surface area (Å²) in [5.41, 5.74) is 0.306. The summed E-state index contributed by atoms with van der Waals surface area (Å²) in [5, 5.41) is 30.0. The maximum atomic E-state index is 12.4. The molecule has 0 aliphatic carbocycles. The average Bonchev–Trinajstić information content (AvgIpc) is 2.59. The molecule has 140 valence electrons. The van der Waals surface area contributed by atoms with Gasteiger partial charge in [0.2, 0.25) is 0 Å². The first kappa shape index (κ1) is 19.7. The lowest BCUT2D eigenvalue weighted by Gasteiger charge is -2.16. The van der Waals surface area contributed by atoms with Gasteiger partial charge in [-0.1, -0.05) is 18.2 Å². The molecule has 26 heavy (non-hydrogen) atoms. The molecule has 1 aromatic rings. The molecule has 0 bridgehead atoms. The van der Waals surface area contributed by atoms with E-state index in [0.717, 1.165) is 6.08 Å². The van der Waals surface area contributed by atoms with Crippen LogP contribution >= 0.6 is 0 Å². The molecule has 1 aromatic carbocycles. The molecule has 0 saturated carbocycles. The fourth-order valence-electron chi connectivity index (χ4n) is 2.51. The zero-order chi connectivity index (χ0) is 19.3. The Morgan fingerprint density at radius 1 is 1.12 bits per heavy atom. The second-order valence-corrected chi connectivity index (χ2v) is 6.02. The van der Waals surface area contributed by atoms with Gasteiger partial charge in [-0.2, -0.15) is 0 Å². The van der Waals surface area contributed by atoms with Crippen molar-refractivity contribution in [2.45, 2.75) is 38.1 Å². The second kappa shape index (κ2) is 8.64. The molecule has 0 saturated heterocycles. The Kier molecular flexibility index (Phi) is 6.54. The van der Waals surface area contributed by atoms with Crippen molar-refractivity contribution in [2.24, 2.45) is 0 Å². The number of hydrogen-bond acceptors (Lipinski definition) is 7. The van der Waals surface area contributed by atoms with Gasteiger partial charge in [0.25, 0.3) is 0 Å². The number of ether oxygens (including phenoxy) is 2. The van der Waals surface area contributed by atoms with E-state index < -0.39 is 30.1 Å². The third-order valence-corrected chi connectivity index (χ3v) is 3.95. The maximum absolute atomic E-state index is 12.4. The molecule has 1 aliphatic rings. The van der Waals surface area contributed by atoms with Crippen molar-refractivity contribution in [1.82, 2.24) is 0 Å². The molecule has 1 heterocycles. The zero-order valence-electron chi connectivity index (χ0n) is 14.6. The number of carbonyl (C=O) groups is 2. The van der Waals surface area contributed by atoms with Crippen molar-refractivity contribution in [3.8, 4) is 11.5 Å². The summed E-state index contributed by atoms with van der Waals surface area (Å²) in [6, 6.07) is 2.84. The van der Waals surface area contributed by atoms with Gasteiger partial charge in [-0.3, -0.25) is 4.79 Å². The van der Waals surface area contributed by atoms with E-state index in [-0.39, 0.29) is 24.2 Å². The minimum Gasteiger partial charge on any atom is -0.507 e. The number of ketones is 1. The number of methoxy groups -OCH3 is 1. The van der Waals surface area contributed by atoms with Crippen LogP contribution in [-0.4, -0.2) is 52.5 Å². The highest BCUT2D eigenvalue weighted by molar-refractivity contribution is 5.97. The van der Waals surface area contributed by atoms with E-state index in [9.17, 15) is 24.9 Å². The fourth-order valence-corrected chi connectivity index (χ4v) is 2.51. The number of hydrogen-bond donors (Lipinski definition) is 3. The lowest BCUT2D eigenvalue weighted by Crippen LogP contribution is -2.32. The summed E-state index contributed by atoms with van der Waals surface area (Å²) >= 11 is 0. The first-order chi connectivity index (χ1) is 12.3. The number of phenols is 1. The van der Waals surface area contributed by atoms with Crippen LogP contribution < -0.4 is 4.74 Å². The van der Waals surface area contributed by atoms with Crippen LogP contribution in [-0.2, 0) is 9.53 Å². The third-order valence-electron chi connectivity index (χ3n) is 3.95. The molecular weight excluding hydrogens is 340 g/mol. The summed E-state index contributed by atoms with van der Waals surface area (Å²) in [7, 11) is 1.42. The summed E-state index contributed by atoms with van der Waals surface area (Å²) in [4.78, 5) is 24.3. The molecule has 0 spiro atoms. The maximum Gasteiger partial charge on any atom is 0.342 e. The average molecular weight is 362 g/mol. The van der Waals surface area contributed by atoms with Gasteiger partial charge in [0.1, 0.15) is 29.3 Å². The molecule has 3 atom stereocenters. The van der Waals surface area contributed by atoms with Crippen molar-refractivity contribution >= 4 is 17.8 Å². The van der Waals surface area contributed by atoms with Gasteiger partial charge >= 0.3 is 5.97 Å². The highest BCUT2D eigenvalue weighted by atomic mass is 16.5. The van der Waals surface area contributed by atoms with E-state index in [4.69, 9.17) is 9.47 Å². The number of benzene rings is 1. The number of aliphatic hydroxyl groups excluding tert-OH is 2. The van der Waals surface area contributed by atoms with Crippen molar-refractivity contribution < 1.29 is 34.4 Å². The van der Waals surface area contributed by atoms with Gasteiger partial charge in [0.15, 0.2) is 5.78 Å². The van der Waals surface area contributed by atoms with E-state index in [1.807, 2.05) is 0 Å². The largest absolute Gasteiger partial charge is 0.507 e. The van der Waals surface area contributed by atoms with Crippen LogP contribution in [0.1, 0.15) is 35.7 Å². The highest BCUT2D eigenvalue weighted by Crippen LogP contribution is 2.30. The number of aliphatic hydroxyl groups is 2. The summed E-state index contributed by atoms with van der Waals surface area (Å²) < 4.78 is 10.4. The van der Waals surface area contributed by atoms with Gasteiger partial charge in [-0.25, -0.2) is 4.79 Å². The van der Waals surface area contributed by atoms with Crippen molar-refractivity contribution in [1.29, 1.82) is 0 Å². The predicted molar refractivity (Wildman–Crippen MR) is 94.0 cm³/mol. The number of carbonyl (C=O) groups excluding carboxylic acids is 2. The molecule has 0 fully saturated rings. The number of phenolic OH excluding ortho intramolecular Hbond substituents is 1. The Hall–Kier alpha value is -2.64. The Balaban J connectivity index is 2.45. The molecule has 7 nitrogen and oxygen atoms in total. The van der Waals surface area contributed by atoms with Crippen LogP contribution in [0.2, 0.25) is 0 Å². The molecule has 2 rings (SSSR count). The zero-order valence-corrected chi connectivity index (χ0v) is 14.6. The first-order valence-corrected chi connectivity index (χ1v) is 8.18. The van der Waals surface area contributed by atoms with Gasteiger partial charge in [-0.15, -0.1) is 0 Å². The van der Waals surface area contributed by atoms with Gasteiger partial charge in [0.05, 0.1) is 13.2 Å². The number of fused-ring (bicyclic) bond motifs is 1. The van der Waals surface area contributed by atoms with Crippen LogP contribution in [0, 0.1) is 0 Å². The Morgan fingerprint density at radius 3 is 2.50 bits per heavy atom. The predicted octanol–water partition coefficient (Wildman–Crippen LogP) is 1.60. The third kappa shape index (κ3) is 4.71.